The Hall–Kier alpha value is -2.62. The largest absolute Gasteiger partial charge is 0.483 e. The number of aromatic nitrogens is 2. The van der Waals surface area contributed by atoms with E-state index in [1.54, 1.807) is 0 Å². The fourth-order valence-electron chi connectivity index (χ4n) is 2.54. The van der Waals surface area contributed by atoms with Crippen LogP contribution in [-0.4, -0.2) is 10.1 Å². The first kappa shape index (κ1) is 15.3. The lowest BCUT2D eigenvalue weighted by atomic mass is 10.1. The predicted molar refractivity (Wildman–Crippen MR) is 89.5 cm³/mol. The van der Waals surface area contributed by atoms with Crippen molar-refractivity contribution in [2.45, 2.75) is 34.3 Å². The third-order valence-corrected chi connectivity index (χ3v) is 3.97. The minimum absolute atomic E-state index is 0.266. The second-order valence-corrected chi connectivity index (χ2v) is 5.82. The van der Waals surface area contributed by atoms with Crippen LogP contribution in [0.2, 0.25) is 0 Å². The van der Waals surface area contributed by atoms with Gasteiger partial charge in [-0.3, -0.25) is 0 Å². The van der Waals surface area contributed by atoms with Crippen LogP contribution in [-0.2, 0) is 6.61 Å². The molecule has 4 nitrogen and oxygen atoms in total. The van der Waals surface area contributed by atoms with Crippen LogP contribution in [0.4, 0.5) is 0 Å². The predicted octanol–water partition coefficient (Wildman–Crippen LogP) is 4.55. The molecule has 0 amide bonds. The maximum Gasteiger partial charge on any atom is 0.264 e. The molecule has 0 fully saturated rings. The molecule has 0 aliphatic rings. The molecule has 0 atom stereocenters. The van der Waals surface area contributed by atoms with Crippen LogP contribution < -0.4 is 4.74 Å². The van der Waals surface area contributed by atoms with Crippen LogP contribution in [0.5, 0.6) is 5.75 Å². The first-order chi connectivity index (χ1) is 11.0. The molecule has 4 heteroatoms. The number of rotatable bonds is 4. The van der Waals surface area contributed by atoms with Crippen molar-refractivity contribution in [1.82, 2.24) is 10.1 Å². The summed E-state index contributed by atoms with van der Waals surface area (Å²) in [6.45, 7) is 8.49. The van der Waals surface area contributed by atoms with E-state index >= 15 is 0 Å². The third kappa shape index (κ3) is 3.26. The molecule has 0 radical (unpaired) electrons. The minimum Gasteiger partial charge on any atom is -0.483 e. The molecule has 23 heavy (non-hydrogen) atoms. The van der Waals surface area contributed by atoms with Gasteiger partial charge in [-0.05, 0) is 56.0 Å². The summed E-state index contributed by atoms with van der Waals surface area (Å²) in [5.74, 6) is 1.93. The van der Waals surface area contributed by atoms with Crippen molar-refractivity contribution >= 4 is 0 Å². The van der Waals surface area contributed by atoms with Gasteiger partial charge in [0.1, 0.15) is 5.75 Å². The van der Waals surface area contributed by atoms with Crippen LogP contribution in [0.25, 0.3) is 11.4 Å². The normalized spacial score (nSPS) is 10.8. The Kier molecular flexibility index (Phi) is 4.15. The SMILES string of the molecule is Cc1cc(C)c(C)c(OCc2nc(-c3ccccc3C)no2)c1. The van der Waals surface area contributed by atoms with Crippen LogP contribution in [0, 0.1) is 27.7 Å². The van der Waals surface area contributed by atoms with E-state index in [1.165, 1.54) is 11.1 Å². The van der Waals surface area contributed by atoms with E-state index in [4.69, 9.17) is 9.26 Å². The van der Waals surface area contributed by atoms with Gasteiger partial charge in [-0.2, -0.15) is 4.98 Å². The Morgan fingerprint density at radius 2 is 1.78 bits per heavy atom. The molecular formula is C19H20N2O2. The van der Waals surface area contributed by atoms with Gasteiger partial charge in [-0.15, -0.1) is 0 Å². The molecule has 1 aromatic heterocycles. The van der Waals surface area contributed by atoms with Crippen molar-refractivity contribution < 1.29 is 9.26 Å². The fourth-order valence-corrected chi connectivity index (χ4v) is 2.54. The van der Waals surface area contributed by atoms with E-state index in [2.05, 4.69) is 37.0 Å². The Bertz CT molecular complexity index is 837. The van der Waals surface area contributed by atoms with Gasteiger partial charge < -0.3 is 9.26 Å². The van der Waals surface area contributed by atoms with E-state index in [9.17, 15) is 0 Å². The highest BCUT2D eigenvalue weighted by Gasteiger charge is 2.12. The van der Waals surface area contributed by atoms with Gasteiger partial charge in [0, 0.05) is 5.56 Å². The summed E-state index contributed by atoms with van der Waals surface area (Å²) >= 11 is 0. The van der Waals surface area contributed by atoms with Gasteiger partial charge in [-0.1, -0.05) is 35.5 Å². The molecule has 1 heterocycles. The molecule has 3 aromatic rings. The molecule has 0 unspecified atom stereocenters. The molecule has 118 valence electrons. The summed E-state index contributed by atoms with van der Waals surface area (Å²) in [6.07, 6.45) is 0. The van der Waals surface area contributed by atoms with Gasteiger partial charge in [-0.25, -0.2) is 0 Å². The quantitative estimate of drug-likeness (QED) is 0.709. The average molecular weight is 308 g/mol. The summed E-state index contributed by atoms with van der Waals surface area (Å²) in [6, 6.07) is 12.1. The number of aryl methyl sites for hydroxylation is 3. The highest BCUT2D eigenvalue weighted by atomic mass is 16.5. The molecule has 2 aromatic carbocycles. The summed E-state index contributed by atoms with van der Waals surface area (Å²) in [4.78, 5) is 4.43. The van der Waals surface area contributed by atoms with Crippen molar-refractivity contribution in [2.75, 3.05) is 0 Å². The number of ether oxygens (including phenoxy) is 1. The molecule has 0 spiro atoms. The Balaban J connectivity index is 1.77. The molecular weight excluding hydrogens is 288 g/mol. The lowest BCUT2D eigenvalue weighted by Gasteiger charge is -2.10. The Morgan fingerprint density at radius 1 is 1.00 bits per heavy atom. The maximum absolute atomic E-state index is 5.87. The van der Waals surface area contributed by atoms with Crippen LogP contribution >= 0.6 is 0 Å². The van der Waals surface area contributed by atoms with Crippen LogP contribution in [0.15, 0.2) is 40.9 Å². The molecule has 0 N–H and O–H groups in total. The summed E-state index contributed by atoms with van der Waals surface area (Å²) in [7, 11) is 0. The zero-order valence-electron chi connectivity index (χ0n) is 13.9. The zero-order chi connectivity index (χ0) is 16.4. The standard InChI is InChI=1S/C19H20N2O2/c1-12-9-14(3)15(4)17(10-12)22-11-18-20-19(21-23-18)16-8-6-5-7-13(16)2/h5-10H,11H2,1-4H3. The maximum atomic E-state index is 5.87. The lowest BCUT2D eigenvalue weighted by molar-refractivity contribution is 0.241. The fraction of sp³-hybridized carbons (Fsp3) is 0.263. The topological polar surface area (TPSA) is 48.2 Å². The number of hydrogen-bond donors (Lipinski definition) is 0. The van der Waals surface area contributed by atoms with Gasteiger partial charge in [0.05, 0.1) is 0 Å². The van der Waals surface area contributed by atoms with Crippen LogP contribution in [0.1, 0.15) is 28.1 Å². The first-order valence-corrected chi connectivity index (χ1v) is 7.64. The zero-order valence-corrected chi connectivity index (χ0v) is 13.9. The highest BCUT2D eigenvalue weighted by molar-refractivity contribution is 5.58. The van der Waals surface area contributed by atoms with E-state index in [1.807, 2.05) is 37.3 Å². The number of benzene rings is 2. The van der Waals surface area contributed by atoms with Gasteiger partial charge in [0.25, 0.3) is 5.89 Å². The second-order valence-electron chi connectivity index (χ2n) is 5.82. The second kappa shape index (κ2) is 6.24. The molecule has 0 bridgehead atoms. The van der Waals surface area contributed by atoms with E-state index in [0.29, 0.717) is 11.7 Å². The smallest absolute Gasteiger partial charge is 0.264 e. The third-order valence-electron chi connectivity index (χ3n) is 3.97. The molecule has 0 aliphatic heterocycles. The molecule has 0 saturated heterocycles. The van der Waals surface area contributed by atoms with Crippen LogP contribution in [0.3, 0.4) is 0 Å². The lowest BCUT2D eigenvalue weighted by Crippen LogP contribution is -1.99. The van der Waals surface area contributed by atoms with Crippen molar-refractivity contribution in [1.29, 1.82) is 0 Å². The van der Waals surface area contributed by atoms with Crippen molar-refractivity contribution in [3.8, 4) is 17.1 Å². The molecule has 3 rings (SSSR count). The summed E-state index contributed by atoms with van der Waals surface area (Å²) in [5.41, 5.74) is 5.62. The first-order valence-electron chi connectivity index (χ1n) is 7.64. The Labute approximate surface area is 136 Å². The Morgan fingerprint density at radius 3 is 2.57 bits per heavy atom. The monoisotopic (exact) mass is 308 g/mol. The van der Waals surface area contributed by atoms with Crippen molar-refractivity contribution in [2.24, 2.45) is 0 Å². The highest BCUT2D eigenvalue weighted by Crippen LogP contribution is 2.25. The van der Waals surface area contributed by atoms with Crippen molar-refractivity contribution in [3.05, 3.63) is 64.5 Å². The van der Waals surface area contributed by atoms with E-state index < -0.39 is 0 Å². The van der Waals surface area contributed by atoms with Gasteiger partial charge in [0.15, 0.2) is 6.61 Å². The molecule has 0 aliphatic carbocycles. The van der Waals surface area contributed by atoms with Gasteiger partial charge in [0.2, 0.25) is 5.82 Å². The number of nitrogens with zero attached hydrogens (tertiary/aromatic N) is 2. The number of hydrogen-bond acceptors (Lipinski definition) is 4. The van der Waals surface area contributed by atoms with Crippen molar-refractivity contribution in [3.63, 3.8) is 0 Å². The minimum atomic E-state index is 0.266. The van der Waals surface area contributed by atoms with E-state index in [-0.39, 0.29) is 6.61 Å². The summed E-state index contributed by atoms with van der Waals surface area (Å²) < 4.78 is 11.2. The summed E-state index contributed by atoms with van der Waals surface area (Å²) in [5, 5.41) is 4.05. The van der Waals surface area contributed by atoms with E-state index in [0.717, 1.165) is 22.4 Å². The average Bonchev–Trinajstić information content (AvgIpc) is 2.98. The van der Waals surface area contributed by atoms with Gasteiger partial charge >= 0.3 is 0 Å². The molecule has 0 saturated carbocycles.